The number of ether oxygens (including phenoxy) is 1. The first-order chi connectivity index (χ1) is 12.8. The number of rotatable bonds is 7. The maximum atomic E-state index is 11.8. The zero-order valence-electron chi connectivity index (χ0n) is 15.4. The Hall–Kier alpha value is -2.39. The minimum Gasteiger partial charge on any atom is -0.463 e. The molecular weight excluding hydrogens is 322 g/mol. The topological polar surface area (TPSA) is 38.3 Å². The van der Waals surface area contributed by atoms with Gasteiger partial charge >= 0.3 is 5.97 Å². The molecule has 0 spiro atoms. The van der Waals surface area contributed by atoms with E-state index in [0.29, 0.717) is 25.1 Å². The Balaban J connectivity index is 1.63. The molecule has 0 aromatic heterocycles. The summed E-state index contributed by atoms with van der Waals surface area (Å²) in [6, 6.07) is 21.8. The quantitative estimate of drug-likeness (QED) is 0.751. The van der Waals surface area contributed by atoms with Crippen molar-refractivity contribution in [2.45, 2.75) is 38.1 Å². The van der Waals surface area contributed by atoms with E-state index >= 15 is 0 Å². The van der Waals surface area contributed by atoms with Crippen molar-refractivity contribution in [2.75, 3.05) is 13.2 Å². The van der Waals surface area contributed by atoms with Crippen LogP contribution in [0.3, 0.4) is 0 Å². The van der Waals surface area contributed by atoms with Gasteiger partial charge in [0.25, 0.3) is 0 Å². The normalized spacial score (nSPS) is 17.0. The molecule has 0 aliphatic carbocycles. The van der Waals surface area contributed by atoms with Gasteiger partial charge in [-0.1, -0.05) is 66.7 Å². The van der Waals surface area contributed by atoms with Gasteiger partial charge in [-0.2, -0.15) is 0 Å². The predicted molar refractivity (Wildman–Crippen MR) is 105 cm³/mol. The lowest BCUT2D eigenvalue weighted by Crippen LogP contribution is -2.36. The number of hydrogen-bond donors (Lipinski definition) is 1. The van der Waals surface area contributed by atoms with Crippen LogP contribution in [0.25, 0.3) is 0 Å². The van der Waals surface area contributed by atoms with Crippen LogP contribution in [0, 0.1) is 0 Å². The van der Waals surface area contributed by atoms with Gasteiger partial charge in [0, 0.05) is 24.1 Å². The second kappa shape index (κ2) is 9.35. The average Bonchev–Trinajstić information content (AvgIpc) is 2.70. The molecule has 0 saturated carbocycles. The predicted octanol–water partition coefficient (Wildman–Crippen LogP) is 4.45. The first-order valence-corrected chi connectivity index (χ1v) is 9.47. The minimum absolute atomic E-state index is 0.190. The van der Waals surface area contributed by atoms with Crippen LogP contribution in [0.15, 0.2) is 72.3 Å². The van der Waals surface area contributed by atoms with Gasteiger partial charge in [-0.15, -0.1) is 0 Å². The van der Waals surface area contributed by atoms with Crippen LogP contribution >= 0.6 is 0 Å². The standard InChI is InChI=1S/C23H27NO2/c1-2-26-23(25)20-13-14-21(24-17-20)15-16-22(18-9-5-3-6-10-18)19-11-7-4-8-12-19/h3-13,21-22,24H,2,14-17H2,1H3/t21-/m0/s1. The Morgan fingerprint density at radius 1 is 1.08 bits per heavy atom. The highest BCUT2D eigenvalue weighted by Crippen LogP contribution is 2.30. The lowest BCUT2D eigenvalue weighted by atomic mass is 9.85. The van der Waals surface area contributed by atoms with E-state index in [0.717, 1.165) is 24.8 Å². The largest absolute Gasteiger partial charge is 0.463 e. The SMILES string of the molecule is CCOC(=O)C1=CC[C@@H](CCC(c2ccccc2)c2ccccc2)NC1. The number of hydrogen-bond acceptors (Lipinski definition) is 3. The zero-order chi connectivity index (χ0) is 18.2. The van der Waals surface area contributed by atoms with Crippen LogP contribution in [0.5, 0.6) is 0 Å². The van der Waals surface area contributed by atoms with Crippen LogP contribution in [0.1, 0.15) is 43.2 Å². The number of nitrogens with one attached hydrogen (secondary N) is 1. The molecule has 1 atom stereocenters. The number of carbonyl (C=O) groups is 1. The molecule has 1 heterocycles. The van der Waals surface area contributed by atoms with Gasteiger partial charge in [-0.3, -0.25) is 0 Å². The summed E-state index contributed by atoms with van der Waals surface area (Å²) in [5.74, 6) is 0.208. The second-order valence-corrected chi connectivity index (χ2v) is 6.71. The summed E-state index contributed by atoms with van der Waals surface area (Å²) in [6.45, 7) is 2.87. The highest BCUT2D eigenvalue weighted by atomic mass is 16.5. The second-order valence-electron chi connectivity index (χ2n) is 6.71. The lowest BCUT2D eigenvalue weighted by Gasteiger charge is -2.25. The van der Waals surface area contributed by atoms with E-state index in [1.165, 1.54) is 11.1 Å². The van der Waals surface area contributed by atoms with Crippen molar-refractivity contribution in [3.63, 3.8) is 0 Å². The fraction of sp³-hybridized carbons (Fsp3) is 0.348. The third kappa shape index (κ3) is 4.83. The van der Waals surface area contributed by atoms with Crippen LogP contribution in [0.2, 0.25) is 0 Å². The van der Waals surface area contributed by atoms with Gasteiger partial charge in [0.05, 0.1) is 6.61 Å². The highest BCUT2D eigenvalue weighted by Gasteiger charge is 2.21. The summed E-state index contributed by atoms with van der Waals surface area (Å²) < 4.78 is 5.08. The Morgan fingerprint density at radius 3 is 2.19 bits per heavy atom. The summed E-state index contributed by atoms with van der Waals surface area (Å²) in [4.78, 5) is 11.8. The molecule has 0 fully saturated rings. The maximum Gasteiger partial charge on any atom is 0.334 e. The number of carbonyl (C=O) groups excluding carboxylic acids is 1. The van der Waals surface area contributed by atoms with Crippen LogP contribution < -0.4 is 5.32 Å². The molecule has 1 N–H and O–H groups in total. The minimum atomic E-state index is -0.190. The van der Waals surface area contributed by atoms with E-state index in [9.17, 15) is 4.79 Å². The molecule has 26 heavy (non-hydrogen) atoms. The first-order valence-electron chi connectivity index (χ1n) is 9.47. The van der Waals surface area contributed by atoms with Crippen molar-refractivity contribution in [2.24, 2.45) is 0 Å². The molecule has 0 unspecified atom stereocenters. The summed E-state index contributed by atoms with van der Waals surface area (Å²) in [5, 5.41) is 3.50. The summed E-state index contributed by atoms with van der Waals surface area (Å²) in [5.41, 5.74) is 3.47. The number of benzene rings is 2. The van der Waals surface area contributed by atoms with Crippen molar-refractivity contribution >= 4 is 5.97 Å². The monoisotopic (exact) mass is 349 g/mol. The molecule has 136 valence electrons. The summed E-state index contributed by atoms with van der Waals surface area (Å²) in [6.07, 6.45) is 5.07. The Bertz CT molecular complexity index is 685. The van der Waals surface area contributed by atoms with Crippen molar-refractivity contribution in [1.29, 1.82) is 0 Å². The summed E-state index contributed by atoms with van der Waals surface area (Å²) >= 11 is 0. The highest BCUT2D eigenvalue weighted by molar-refractivity contribution is 5.89. The maximum absolute atomic E-state index is 11.8. The van der Waals surface area contributed by atoms with Crippen LogP contribution in [0.4, 0.5) is 0 Å². The van der Waals surface area contributed by atoms with Gasteiger partial charge in [0.15, 0.2) is 0 Å². The molecule has 0 saturated heterocycles. The smallest absolute Gasteiger partial charge is 0.334 e. The van der Waals surface area contributed by atoms with Crippen molar-refractivity contribution in [3.8, 4) is 0 Å². The molecule has 0 radical (unpaired) electrons. The van der Waals surface area contributed by atoms with Crippen LogP contribution in [-0.4, -0.2) is 25.2 Å². The Kier molecular flexibility index (Phi) is 6.62. The molecule has 2 aromatic rings. The first kappa shape index (κ1) is 18.4. The van der Waals surface area contributed by atoms with Crippen molar-refractivity contribution in [3.05, 3.63) is 83.4 Å². The van der Waals surface area contributed by atoms with E-state index in [1.54, 1.807) is 0 Å². The molecule has 2 aromatic carbocycles. The molecule has 3 nitrogen and oxygen atoms in total. The van der Waals surface area contributed by atoms with Gasteiger partial charge in [-0.25, -0.2) is 4.79 Å². The van der Waals surface area contributed by atoms with Crippen molar-refractivity contribution in [1.82, 2.24) is 5.32 Å². The molecule has 1 aliphatic rings. The van der Waals surface area contributed by atoms with Crippen LogP contribution in [-0.2, 0) is 9.53 Å². The number of esters is 1. The van der Waals surface area contributed by atoms with Gasteiger partial charge < -0.3 is 10.1 Å². The molecule has 0 bridgehead atoms. The van der Waals surface area contributed by atoms with E-state index in [1.807, 2.05) is 13.0 Å². The fourth-order valence-electron chi connectivity index (χ4n) is 3.56. The lowest BCUT2D eigenvalue weighted by molar-refractivity contribution is -0.138. The molecule has 1 aliphatic heterocycles. The van der Waals surface area contributed by atoms with E-state index in [2.05, 4.69) is 66.0 Å². The van der Waals surface area contributed by atoms with E-state index in [-0.39, 0.29) is 5.97 Å². The third-order valence-corrected chi connectivity index (χ3v) is 4.98. The van der Waals surface area contributed by atoms with E-state index in [4.69, 9.17) is 4.74 Å². The van der Waals surface area contributed by atoms with E-state index < -0.39 is 0 Å². The zero-order valence-corrected chi connectivity index (χ0v) is 15.4. The fourth-order valence-corrected chi connectivity index (χ4v) is 3.56. The Morgan fingerprint density at radius 2 is 1.69 bits per heavy atom. The van der Waals surface area contributed by atoms with Gasteiger partial charge in [-0.05, 0) is 37.3 Å². The van der Waals surface area contributed by atoms with Crippen molar-refractivity contribution < 1.29 is 9.53 Å². The third-order valence-electron chi connectivity index (χ3n) is 4.98. The molecule has 0 amide bonds. The molecule has 3 heteroatoms. The molecular formula is C23H27NO2. The van der Waals surface area contributed by atoms with Gasteiger partial charge in [0.2, 0.25) is 0 Å². The Labute approximate surface area is 156 Å². The molecule has 3 rings (SSSR count). The average molecular weight is 349 g/mol. The van der Waals surface area contributed by atoms with Gasteiger partial charge in [0.1, 0.15) is 0 Å². The summed E-state index contributed by atoms with van der Waals surface area (Å²) in [7, 11) is 0.